The highest BCUT2D eigenvalue weighted by molar-refractivity contribution is 9.10. The molecule has 0 aliphatic carbocycles. The van der Waals surface area contributed by atoms with Crippen LogP contribution in [-0.2, 0) is 18.0 Å². The first-order valence-electron chi connectivity index (χ1n) is 6.68. The van der Waals surface area contributed by atoms with Crippen molar-refractivity contribution in [1.29, 1.82) is 0 Å². The number of ether oxygens (including phenoxy) is 1. The molecule has 3 rings (SSSR count). The predicted molar refractivity (Wildman–Crippen MR) is 88.8 cm³/mol. The van der Waals surface area contributed by atoms with Gasteiger partial charge in [0.25, 0.3) is 0 Å². The van der Waals surface area contributed by atoms with E-state index in [0.717, 1.165) is 32.2 Å². The Kier molecular flexibility index (Phi) is 4.18. The van der Waals surface area contributed by atoms with Crippen molar-refractivity contribution in [3.8, 4) is 0 Å². The number of rotatable bonds is 4. The number of nitrogens with zero attached hydrogens (tertiary/aromatic N) is 1. The van der Waals surface area contributed by atoms with Crippen LogP contribution < -0.4 is 5.73 Å². The predicted octanol–water partition coefficient (Wildman–Crippen LogP) is 4.30. The van der Waals surface area contributed by atoms with E-state index in [-0.39, 0.29) is 0 Å². The molecule has 0 unspecified atom stereocenters. The van der Waals surface area contributed by atoms with Gasteiger partial charge < -0.3 is 10.5 Å². The summed E-state index contributed by atoms with van der Waals surface area (Å²) >= 11 is 3.42. The molecule has 0 atom stereocenters. The van der Waals surface area contributed by atoms with Crippen molar-refractivity contribution < 1.29 is 4.74 Å². The minimum atomic E-state index is 0.518. The van der Waals surface area contributed by atoms with Gasteiger partial charge in [-0.05, 0) is 35.9 Å². The molecule has 0 spiro atoms. The van der Waals surface area contributed by atoms with Crippen LogP contribution in [0.2, 0.25) is 0 Å². The topological polar surface area (TPSA) is 48.1 Å². The summed E-state index contributed by atoms with van der Waals surface area (Å²) in [6, 6.07) is 15.9. The fourth-order valence-electron chi connectivity index (χ4n) is 2.23. The molecule has 0 aliphatic heterocycles. The average Bonchev–Trinajstić information content (AvgIpc) is 2.52. The molecule has 2 aromatic carbocycles. The van der Waals surface area contributed by atoms with Crippen LogP contribution in [0.4, 0.5) is 5.69 Å². The number of halogens is 1. The largest absolute Gasteiger partial charge is 0.398 e. The van der Waals surface area contributed by atoms with Crippen molar-refractivity contribution in [3.63, 3.8) is 0 Å². The lowest BCUT2D eigenvalue weighted by molar-refractivity contribution is 0.108. The maximum Gasteiger partial charge on any atom is 0.0777 e. The third kappa shape index (κ3) is 3.23. The molecule has 0 amide bonds. The number of aromatic nitrogens is 1. The van der Waals surface area contributed by atoms with Crippen LogP contribution in [0.5, 0.6) is 0 Å². The van der Waals surface area contributed by atoms with Crippen LogP contribution in [0.1, 0.15) is 11.1 Å². The Morgan fingerprint density at radius 2 is 1.81 bits per heavy atom. The van der Waals surface area contributed by atoms with E-state index < -0.39 is 0 Å². The van der Waals surface area contributed by atoms with Crippen LogP contribution in [0, 0.1) is 0 Å². The van der Waals surface area contributed by atoms with Gasteiger partial charge in [-0.15, -0.1) is 0 Å². The van der Waals surface area contributed by atoms with Crippen molar-refractivity contribution >= 4 is 32.5 Å². The van der Waals surface area contributed by atoms with Gasteiger partial charge in [0.2, 0.25) is 0 Å². The minimum Gasteiger partial charge on any atom is -0.398 e. The maximum atomic E-state index is 5.97. The normalized spacial score (nSPS) is 10.9. The van der Waals surface area contributed by atoms with Crippen LogP contribution in [0.25, 0.3) is 10.9 Å². The number of pyridine rings is 1. The summed E-state index contributed by atoms with van der Waals surface area (Å²) in [6.07, 6.45) is 1.78. The molecule has 0 saturated heterocycles. The zero-order valence-corrected chi connectivity index (χ0v) is 13.0. The molecule has 0 aliphatic rings. The number of nitrogen functional groups attached to an aromatic ring is 1. The van der Waals surface area contributed by atoms with E-state index in [1.807, 2.05) is 48.5 Å². The highest BCUT2D eigenvalue weighted by Crippen LogP contribution is 2.23. The molecule has 3 aromatic rings. The second-order valence-corrected chi connectivity index (χ2v) is 5.75. The molecule has 3 nitrogen and oxygen atoms in total. The van der Waals surface area contributed by atoms with Gasteiger partial charge in [-0.25, -0.2) is 0 Å². The molecule has 106 valence electrons. The van der Waals surface area contributed by atoms with Gasteiger partial charge in [0.15, 0.2) is 0 Å². The number of hydrogen-bond donors (Lipinski definition) is 1. The average molecular weight is 343 g/mol. The lowest BCUT2D eigenvalue weighted by atomic mass is 10.1. The second-order valence-electron chi connectivity index (χ2n) is 4.83. The molecule has 0 radical (unpaired) electrons. The van der Waals surface area contributed by atoms with Gasteiger partial charge in [0, 0.05) is 27.3 Å². The van der Waals surface area contributed by atoms with E-state index in [4.69, 9.17) is 10.5 Å². The summed E-state index contributed by atoms with van der Waals surface area (Å²) in [5, 5.41) is 0.974. The fraction of sp³-hybridized carbons (Fsp3) is 0.118. The van der Waals surface area contributed by atoms with Crippen molar-refractivity contribution in [2.75, 3.05) is 5.73 Å². The summed E-state index contributed by atoms with van der Waals surface area (Å²) < 4.78 is 6.87. The molecule has 1 heterocycles. The minimum absolute atomic E-state index is 0.518. The van der Waals surface area contributed by atoms with Gasteiger partial charge in [0.05, 0.1) is 18.7 Å². The lowest BCUT2D eigenvalue weighted by Gasteiger charge is -2.09. The highest BCUT2D eigenvalue weighted by atomic mass is 79.9. The Morgan fingerprint density at radius 3 is 2.62 bits per heavy atom. The van der Waals surface area contributed by atoms with E-state index in [1.165, 1.54) is 0 Å². The van der Waals surface area contributed by atoms with E-state index in [9.17, 15) is 0 Å². The summed E-state index contributed by atoms with van der Waals surface area (Å²) in [5.41, 5.74) is 9.83. The Hall–Kier alpha value is -1.91. The zero-order valence-electron chi connectivity index (χ0n) is 11.4. The summed E-state index contributed by atoms with van der Waals surface area (Å²) in [5.74, 6) is 0. The summed E-state index contributed by atoms with van der Waals surface area (Å²) in [4.78, 5) is 4.41. The Labute approximate surface area is 131 Å². The molecular formula is C17H15BrN2O. The quantitative estimate of drug-likeness (QED) is 0.719. The Balaban J connectivity index is 1.74. The van der Waals surface area contributed by atoms with Crippen molar-refractivity contribution in [1.82, 2.24) is 4.98 Å². The van der Waals surface area contributed by atoms with Crippen LogP contribution in [0.3, 0.4) is 0 Å². The molecule has 4 heteroatoms. The molecule has 2 N–H and O–H groups in total. The van der Waals surface area contributed by atoms with Crippen LogP contribution >= 0.6 is 15.9 Å². The lowest BCUT2D eigenvalue weighted by Crippen LogP contribution is -1.98. The molecule has 0 bridgehead atoms. The first-order chi connectivity index (χ1) is 10.2. The SMILES string of the molecule is Nc1ccc(COCc2ccc(Br)cc2)c2ncccc12. The maximum absolute atomic E-state index is 5.97. The zero-order chi connectivity index (χ0) is 14.7. The Bertz CT molecular complexity index is 756. The second kappa shape index (κ2) is 6.24. The van der Waals surface area contributed by atoms with Gasteiger partial charge >= 0.3 is 0 Å². The van der Waals surface area contributed by atoms with Gasteiger partial charge in [-0.2, -0.15) is 0 Å². The summed E-state index contributed by atoms with van der Waals surface area (Å²) in [7, 11) is 0. The fourth-order valence-corrected chi connectivity index (χ4v) is 2.49. The smallest absolute Gasteiger partial charge is 0.0777 e. The first kappa shape index (κ1) is 14.0. The van der Waals surface area contributed by atoms with Gasteiger partial charge in [-0.3, -0.25) is 4.98 Å². The highest BCUT2D eigenvalue weighted by Gasteiger charge is 2.05. The first-order valence-corrected chi connectivity index (χ1v) is 7.47. The van der Waals surface area contributed by atoms with E-state index in [1.54, 1.807) is 6.20 Å². The van der Waals surface area contributed by atoms with Crippen molar-refractivity contribution in [2.24, 2.45) is 0 Å². The van der Waals surface area contributed by atoms with Gasteiger partial charge in [-0.1, -0.05) is 34.1 Å². The molecule has 1 aromatic heterocycles. The third-order valence-electron chi connectivity index (χ3n) is 3.33. The molecular weight excluding hydrogens is 328 g/mol. The number of fused-ring (bicyclic) bond motifs is 1. The van der Waals surface area contributed by atoms with Crippen LogP contribution in [-0.4, -0.2) is 4.98 Å². The van der Waals surface area contributed by atoms with Gasteiger partial charge in [0.1, 0.15) is 0 Å². The number of nitrogens with two attached hydrogens (primary N) is 1. The van der Waals surface area contributed by atoms with E-state index in [0.29, 0.717) is 13.2 Å². The Morgan fingerprint density at radius 1 is 1.00 bits per heavy atom. The molecule has 21 heavy (non-hydrogen) atoms. The van der Waals surface area contributed by atoms with Crippen LogP contribution in [0.15, 0.2) is 59.2 Å². The molecule has 0 fully saturated rings. The number of anilines is 1. The van der Waals surface area contributed by atoms with Crippen molar-refractivity contribution in [2.45, 2.75) is 13.2 Å². The summed E-state index contributed by atoms with van der Waals surface area (Å²) in [6.45, 7) is 1.09. The third-order valence-corrected chi connectivity index (χ3v) is 3.86. The van der Waals surface area contributed by atoms with E-state index in [2.05, 4.69) is 20.9 Å². The number of hydrogen-bond acceptors (Lipinski definition) is 3. The molecule has 0 saturated carbocycles. The van der Waals surface area contributed by atoms with Crippen molar-refractivity contribution in [3.05, 3.63) is 70.3 Å². The number of benzene rings is 2. The van der Waals surface area contributed by atoms with E-state index >= 15 is 0 Å². The standard InChI is InChI=1S/C17H15BrN2O/c18-14-6-3-12(4-7-14)10-21-11-13-5-8-16(19)15-2-1-9-20-17(13)15/h1-9H,10-11,19H2. The monoisotopic (exact) mass is 342 g/mol.